The van der Waals surface area contributed by atoms with Gasteiger partial charge in [0.15, 0.2) is 5.69 Å². The highest BCUT2D eigenvalue weighted by Crippen LogP contribution is 2.29. The average molecular weight is 473 g/mol. The van der Waals surface area contributed by atoms with Crippen molar-refractivity contribution in [3.63, 3.8) is 0 Å². The summed E-state index contributed by atoms with van der Waals surface area (Å²) in [7, 11) is 0. The van der Waals surface area contributed by atoms with Gasteiger partial charge in [-0.05, 0) is 46.4 Å². The topological polar surface area (TPSA) is 137 Å². The molecule has 4 rings (SSSR count). The molecule has 0 spiro atoms. The molecule has 10 nitrogen and oxygen atoms in total. The number of hydrogen-bond donors (Lipinski definition) is 2. The lowest BCUT2D eigenvalue weighted by atomic mass is 10.1. The van der Waals surface area contributed by atoms with E-state index in [9.17, 15) is 4.79 Å². The molecule has 0 saturated heterocycles. The Balaban J connectivity index is 1.67. The average Bonchev–Trinajstić information content (AvgIpc) is 3.46. The fraction of sp³-hybridized carbons (Fsp3) is 0.0588. The van der Waals surface area contributed by atoms with E-state index >= 15 is 0 Å². The first kappa shape index (κ1) is 19.0. The number of anilines is 1. The maximum absolute atomic E-state index is 12.8. The van der Waals surface area contributed by atoms with Crippen LogP contribution >= 0.6 is 27.3 Å². The Morgan fingerprint density at radius 1 is 1.28 bits per heavy atom. The monoisotopic (exact) mass is 472 g/mol. The van der Waals surface area contributed by atoms with Crippen LogP contribution in [-0.4, -0.2) is 36.9 Å². The van der Waals surface area contributed by atoms with Gasteiger partial charge in [0.1, 0.15) is 5.69 Å². The summed E-state index contributed by atoms with van der Waals surface area (Å²) >= 11 is 4.80. The van der Waals surface area contributed by atoms with Gasteiger partial charge in [0.25, 0.3) is 5.91 Å². The highest BCUT2D eigenvalue weighted by atomic mass is 79.9. The molecular formula is C17H13BrN8O2S. The third kappa shape index (κ3) is 3.79. The molecule has 3 heterocycles. The van der Waals surface area contributed by atoms with Crippen molar-refractivity contribution >= 4 is 44.7 Å². The number of aromatic nitrogens is 5. The van der Waals surface area contributed by atoms with Gasteiger partial charge in [-0.25, -0.2) is 10.1 Å². The molecule has 0 radical (unpaired) electrons. The van der Waals surface area contributed by atoms with E-state index in [1.165, 1.54) is 16.0 Å². The van der Waals surface area contributed by atoms with Crippen molar-refractivity contribution in [1.82, 2.24) is 30.7 Å². The SMILES string of the molecule is CC(=NNC(=O)c1nnn(-c2nonc2N)c1-c1cccs1)c1ccc(Br)cc1. The minimum absolute atomic E-state index is 0.0313. The zero-order chi connectivity index (χ0) is 20.4. The summed E-state index contributed by atoms with van der Waals surface area (Å²) in [6, 6.07) is 11.3. The van der Waals surface area contributed by atoms with Crippen LogP contribution in [0.25, 0.3) is 16.4 Å². The minimum Gasteiger partial charge on any atom is -0.378 e. The molecule has 3 aromatic heterocycles. The molecule has 0 atom stereocenters. The van der Waals surface area contributed by atoms with Crippen molar-refractivity contribution in [2.24, 2.45) is 5.10 Å². The normalized spacial score (nSPS) is 11.6. The molecule has 0 saturated carbocycles. The second-order valence-electron chi connectivity index (χ2n) is 5.79. The van der Waals surface area contributed by atoms with Gasteiger partial charge in [-0.2, -0.15) is 9.78 Å². The molecule has 29 heavy (non-hydrogen) atoms. The fourth-order valence-corrected chi connectivity index (χ4v) is 3.52. The first-order valence-corrected chi connectivity index (χ1v) is 9.90. The Kier molecular flexibility index (Phi) is 5.18. The Labute approximate surface area is 176 Å². The summed E-state index contributed by atoms with van der Waals surface area (Å²) in [6.45, 7) is 1.79. The summed E-state index contributed by atoms with van der Waals surface area (Å²) in [5, 5.41) is 21.3. The zero-order valence-corrected chi connectivity index (χ0v) is 17.3. The van der Waals surface area contributed by atoms with Crippen LogP contribution in [0.2, 0.25) is 0 Å². The largest absolute Gasteiger partial charge is 0.378 e. The van der Waals surface area contributed by atoms with Crippen LogP contribution in [0.1, 0.15) is 23.0 Å². The van der Waals surface area contributed by atoms with Crippen LogP contribution in [0.15, 0.2) is 56.0 Å². The van der Waals surface area contributed by atoms with Crippen molar-refractivity contribution in [1.29, 1.82) is 0 Å². The van der Waals surface area contributed by atoms with E-state index in [0.29, 0.717) is 11.4 Å². The van der Waals surface area contributed by atoms with Crippen LogP contribution in [-0.2, 0) is 0 Å². The molecule has 12 heteroatoms. The number of benzene rings is 1. The molecular weight excluding hydrogens is 460 g/mol. The maximum atomic E-state index is 12.8. The summed E-state index contributed by atoms with van der Waals surface area (Å²) in [6.07, 6.45) is 0. The van der Waals surface area contributed by atoms with E-state index in [1.807, 2.05) is 41.8 Å². The Morgan fingerprint density at radius 3 is 2.72 bits per heavy atom. The fourth-order valence-electron chi connectivity index (χ4n) is 2.50. The molecule has 146 valence electrons. The molecule has 1 aromatic carbocycles. The number of amides is 1. The number of rotatable bonds is 5. The van der Waals surface area contributed by atoms with Gasteiger partial charge < -0.3 is 5.73 Å². The highest BCUT2D eigenvalue weighted by Gasteiger charge is 2.25. The first-order valence-electron chi connectivity index (χ1n) is 8.23. The van der Waals surface area contributed by atoms with Crippen molar-refractivity contribution in [3.8, 4) is 16.4 Å². The lowest BCUT2D eigenvalue weighted by Crippen LogP contribution is -2.20. The summed E-state index contributed by atoms with van der Waals surface area (Å²) in [4.78, 5) is 13.5. The zero-order valence-electron chi connectivity index (χ0n) is 14.9. The number of nitrogens with one attached hydrogen (secondary N) is 1. The van der Waals surface area contributed by atoms with Gasteiger partial charge in [0.05, 0.1) is 10.6 Å². The Morgan fingerprint density at radius 2 is 2.07 bits per heavy atom. The van der Waals surface area contributed by atoms with E-state index < -0.39 is 5.91 Å². The Bertz CT molecular complexity index is 1180. The quantitative estimate of drug-likeness (QED) is 0.336. The highest BCUT2D eigenvalue weighted by molar-refractivity contribution is 9.10. The number of hydrogen-bond acceptors (Lipinski definition) is 9. The molecule has 0 aliphatic rings. The van der Waals surface area contributed by atoms with Crippen LogP contribution in [0, 0.1) is 0 Å². The number of halogens is 1. The van der Waals surface area contributed by atoms with E-state index in [2.05, 4.69) is 51.7 Å². The third-order valence-corrected chi connectivity index (χ3v) is 5.33. The Hall–Kier alpha value is -3.38. The van der Waals surface area contributed by atoms with Crippen LogP contribution in [0.4, 0.5) is 5.82 Å². The van der Waals surface area contributed by atoms with Crippen LogP contribution in [0.5, 0.6) is 0 Å². The standard InChI is InChI=1S/C17H13BrN8O2S/c1-9(10-4-6-11(18)7-5-10)20-22-17(27)13-14(12-3-2-8-29-12)26(25-21-13)16-15(19)23-28-24-16/h2-8H,1H3,(H2,19,23)(H,22,27). The minimum atomic E-state index is -0.522. The molecule has 0 unspecified atom stereocenters. The molecule has 4 aromatic rings. The van der Waals surface area contributed by atoms with Crippen molar-refractivity contribution in [2.45, 2.75) is 6.92 Å². The number of nitrogen functional groups attached to an aromatic ring is 1. The lowest BCUT2D eigenvalue weighted by molar-refractivity contribution is 0.0950. The predicted molar refractivity (Wildman–Crippen MR) is 111 cm³/mol. The van der Waals surface area contributed by atoms with Crippen LogP contribution in [0.3, 0.4) is 0 Å². The van der Waals surface area contributed by atoms with Crippen molar-refractivity contribution in [3.05, 3.63) is 57.5 Å². The van der Waals surface area contributed by atoms with Crippen molar-refractivity contribution in [2.75, 3.05) is 5.73 Å². The number of thiophene rings is 1. The van der Waals surface area contributed by atoms with E-state index in [4.69, 9.17) is 5.73 Å². The number of hydrazone groups is 1. The van der Waals surface area contributed by atoms with Gasteiger partial charge >= 0.3 is 0 Å². The molecule has 3 N–H and O–H groups in total. The molecule has 0 fully saturated rings. The van der Waals surface area contributed by atoms with E-state index in [1.54, 1.807) is 6.92 Å². The second-order valence-corrected chi connectivity index (χ2v) is 7.66. The van der Waals surface area contributed by atoms with Gasteiger partial charge in [-0.15, -0.1) is 16.4 Å². The lowest BCUT2D eigenvalue weighted by Gasteiger charge is -2.04. The summed E-state index contributed by atoms with van der Waals surface area (Å²) in [5.74, 6) is -0.343. The van der Waals surface area contributed by atoms with Gasteiger partial charge in [0.2, 0.25) is 11.6 Å². The smallest absolute Gasteiger partial charge is 0.294 e. The van der Waals surface area contributed by atoms with Gasteiger partial charge in [-0.1, -0.05) is 39.3 Å². The van der Waals surface area contributed by atoms with Gasteiger partial charge in [0, 0.05) is 4.47 Å². The molecule has 0 aliphatic heterocycles. The molecule has 0 aliphatic carbocycles. The second kappa shape index (κ2) is 7.93. The maximum Gasteiger partial charge on any atom is 0.294 e. The third-order valence-electron chi connectivity index (χ3n) is 3.92. The van der Waals surface area contributed by atoms with Crippen molar-refractivity contribution < 1.29 is 9.42 Å². The summed E-state index contributed by atoms with van der Waals surface area (Å²) in [5.41, 5.74) is 10.3. The number of carbonyl (C=O) groups is 1. The molecule has 0 bridgehead atoms. The number of nitrogens with zero attached hydrogens (tertiary/aromatic N) is 6. The predicted octanol–water partition coefficient (Wildman–Crippen LogP) is 2.88. The van der Waals surface area contributed by atoms with Gasteiger partial charge in [-0.3, -0.25) is 4.79 Å². The number of nitrogens with two attached hydrogens (primary N) is 1. The van der Waals surface area contributed by atoms with E-state index in [-0.39, 0.29) is 17.3 Å². The summed E-state index contributed by atoms with van der Waals surface area (Å²) < 4.78 is 6.91. The van der Waals surface area contributed by atoms with E-state index in [0.717, 1.165) is 14.9 Å². The number of carbonyl (C=O) groups excluding carboxylic acids is 1. The molecule has 1 amide bonds. The van der Waals surface area contributed by atoms with Crippen LogP contribution < -0.4 is 11.2 Å². The first-order chi connectivity index (χ1) is 14.0.